The van der Waals surface area contributed by atoms with Gasteiger partial charge in [0.1, 0.15) is 11.5 Å². The molecule has 0 spiro atoms. The maximum absolute atomic E-state index is 6.46. The molecule has 0 aliphatic heterocycles. The average Bonchev–Trinajstić information content (AvgIpc) is 2.54. The molecule has 0 heterocycles. The van der Waals surface area contributed by atoms with Gasteiger partial charge in [0.05, 0.1) is 25.4 Å². The molecular formula is C20H26O3. The Morgan fingerprint density at radius 2 is 0.870 bits per heavy atom. The molecule has 0 fully saturated rings. The number of rotatable bonds is 6. The van der Waals surface area contributed by atoms with E-state index >= 15 is 0 Å². The van der Waals surface area contributed by atoms with Crippen LogP contribution in [0.3, 0.4) is 0 Å². The van der Waals surface area contributed by atoms with E-state index in [0.717, 1.165) is 22.6 Å². The first-order chi connectivity index (χ1) is 10.8. The van der Waals surface area contributed by atoms with Crippen LogP contribution in [0.5, 0.6) is 11.5 Å². The molecule has 2 aromatic carbocycles. The van der Waals surface area contributed by atoms with Gasteiger partial charge in [0, 0.05) is 0 Å². The van der Waals surface area contributed by atoms with Crippen molar-refractivity contribution in [3.05, 3.63) is 59.7 Å². The first-order valence-corrected chi connectivity index (χ1v) is 7.78. The second-order valence-corrected chi connectivity index (χ2v) is 6.58. The Morgan fingerprint density at radius 1 is 0.565 bits per heavy atom. The van der Waals surface area contributed by atoms with Crippen LogP contribution < -0.4 is 9.47 Å². The van der Waals surface area contributed by atoms with Gasteiger partial charge in [-0.05, 0) is 63.1 Å². The minimum Gasteiger partial charge on any atom is -0.497 e. The molecule has 0 unspecified atom stereocenters. The van der Waals surface area contributed by atoms with Crippen LogP contribution >= 0.6 is 0 Å². The van der Waals surface area contributed by atoms with Crippen LogP contribution in [0.15, 0.2) is 48.5 Å². The van der Waals surface area contributed by atoms with Gasteiger partial charge in [-0.1, -0.05) is 24.3 Å². The van der Waals surface area contributed by atoms with Gasteiger partial charge in [0.25, 0.3) is 0 Å². The zero-order valence-corrected chi connectivity index (χ0v) is 14.8. The van der Waals surface area contributed by atoms with E-state index < -0.39 is 11.2 Å². The lowest BCUT2D eigenvalue weighted by Crippen LogP contribution is -2.33. The molecule has 0 saturated heterocycles. The van der Waals surface area contributed by atoms with E-state index in [4.69, 9.17) is 14.2 Å². The summed E-state index contributed by atoms with van der Waals surface area (Å²) in [6.07, 6.45) is 0. The molecule has 0 amide bonds. The molecule has 0 N–H and O–H groups in total. The number of methoxy groups -OCH3 is 2. The molecule has 0 bridgehead atoms. The third kappa shape index (κ3) is 4.05. The molecule has 0 aromatic heterocycles. The highest BCUT2D eigenvalue weighted by molar-refractivity contribution is 5.32. The maximum atomic E-state index is 6.46. The van der Waals surface area contributed by atoms with Crippen molar-refractivity contribution < 1.29 is 14.2 Å². The van der Waals surface area contributed by atoms with Gasteiger partial charge in [0.2, 0.25) is 0 Å². The molecule has 2 aromatic rings. The van der Waals surface area contributed by atoms with E-state index in [0.29, 0.717) is 0 Å². The number of ether oxygens (including phenoxy) is 3. The van der Waals surface area contributed by atoms with Crippen molar-refractivity contribution in [2.24, 2.45) is 0 Å². The Balaban J connectivity index is 2.21. The van der Waals surface area contributed by atoms with Crippen LogP contribution in [0.2, 0.25) is 0 Å². The lowest BCUT2D eigenvalue weighted by molar-refractivity contribution is -0.132. The van der Waals surface area contributed by atoms with Crippen molar-refractivity contribution in [2.45, 2.75) is 38.9 Å². The third-order valence-electron chi connectivity index (χ3n) is 4.08. The maximum Gasteiger partial charge on any atom is 0.118 e. The second kappa shape index (κ2) is 6.63. The minimum atomic E-state index is -0.421. The Morgan fingerprint density at radius 3 is 1.13 bits per heavy atom. The van der Waals surface area contributed by atoms with E-state index in [1.54, 1.807) is 14.2 Å². The third-order valence-corrected chi connectivity index (χ3v) is 4.08. The second-order valence-electron chi connectivity index (χ2n) is 6.58. The summed E-state index contributed by atoms with van der Waals surface area (Å²) in [7, 11) is 3.34. The molecule has 124 valence electrons. The fraction of sp³-hybridized carbons (Fsp3) is 0.400. The van der Waals surface area contributed by atoms with Crippen molar-refractivity contribution in [1.29, 1.82) is 0 Å². The van der Waals surface area contributed by atoms with Crippen molar-refractivity contribution >= 4 is 0 Å². The summed E-state index contributed by atoms with van der Waals surface area (Å²) in [5.74, 6) is 1.69. The standard InChI is InChI=1S/C20H26O3/c1-19(2,15-7-11-17(21-5)12-8-15)23-20(3,4)16-9-13-18(22-6)14-10-16/h7-14H,1-6H3. The first kappa shape index (κ1) is 17.4. The van der Waals surface area contributed by atoms with E-state index in [-0.39, 0.29) is 0 Å². The summed E-state index contributed by atoms with van der Waals surface area (Å²) >= 11 is 0. The van der Waals surface area contributed by atoms with Crippen molar-refractivity contribution in [2.75, 3.05) is 14.2 Å². The van der Waals surface area contributed by atoms with E-state index in [1.807, 2.05) is 48.5 Å². The lowest BCUT2D eigenvalue weighted by atomic mass is 9.93. The quantitative estimate of drug-likeness (QED) is 0.759. The molecule has 0 radical (unpaired) electrons. The predicted molar refractivity (Wildman–Crippen MR) is 93.1 cm³/mol. The van der Waals surface area contributed by atoms with Gasteiger partial charge >= 0.3 is 0 Å². The monoisotopic (exact) mass is 314 g/mol. The topological polar surface area (TPSA) is 27.7 Å². The summed E-state index contributed by atoms with van der Waals surface area (Å²) in [5, 5.41) is 0. The molecule has 0 atom stereocenters. The number of hydrogen-bond acceptors (Lipinski definition) is 3. The Labute approximate surface area is 139 Å². The smallest absolute Gasteiger partial charge is 0.118 e. The molecule has 0 saturated carbocycles. The number of benzene rings is 2. The molecule has 23 heavy (non-hydrogen) atoms. The molecule has 2 rings (SSSR count). The molecule has 3 nitrogen and oxygen atoms in total. The number of hydrogen-bond donors (Lipinski definition) is 0. The van der Waals surface area contributed by atoms with Gasteiger partial charge < -0.3 is 14.2 Å². The van der Waals surface area contributed by atoms with E-state index in [2.05, 4.69) is 27.7 Å². The van der Waals surface area contributed by atoms with Gasteiger partial charge in [-0.2, -0.15) is 0 Å². The minimum absolute atomic E-state index is 0.421. The highest BCUT2D eigenvalue weighted by Gasteiger charge is 2.32. The summed E-state index contributed by atoms with van der Waals surface area (Å²) in [6.45, 7) is 8.33. The molecule has 3 heteroatoms. The zero-order valence-electron chi connectivity index (χ0n) is 14.8. The van der Waals surface area contributed by atoms with Gasteiger partial charge in [0.15, 0.2) is 0 Å². The van der Waals surface area contributed by atoms with Crippen LogP contribution in [0.1, 0.15) is 38.8 Å². The molecular weight excluding hydrogens is 288 g/mol. The van der Waals surface area contributed by atoms with Crippen molar-refractivity contribution in [3.63, 3.8) is 0 Å². The van der Waals surface area contributed by atoms with E-state index in [1.165, 1.54) is 0 Å². The lowest BCUT2D eigenvalue weighted by Gasteiger charge is -2.37. The Hall–Kier alpha value is -2.00. The SMILES string of the molecule is COc1ccc(C(C)(C)OC(C)(C)c2ccc(OC)cc2)cc1. The summed E-state index contributed by atoms with van der Waals surface area (Å²) in [4.78, 5) is 0. The van der Waals surface area contributed by atoms with Crippen LogP contribution in [0, 0.1) is 0 Å². The van der Waals surface area contributed by atoms with Crippen LogP contribution in [-0.2, 0) is 15.9 Å². The van der Waals surface area contributed by atoms with E-state index in [9.17, 15) is 0 Å². The van der Waals surface area contributed by atoms with Gasteiger partial charge in [-0.15, -0.1) is 0 Å². The molecule has 0 aliphatic rings. The normalized spacial score (nSPS) is 12.1. The molecule has 0 aliphatic carbocycles. The van der Waals surface area contributed by atoms with Crippen LogP contribution in [-0.4, -0.2) is 14.2 Å². The van der Waals surface area contributed by atoms with Crippen molar-refractivity contribution in [3.8, 4) is 11.5 Å². The van der Waals surface area contributed by atoms with Gasteiger partial charge in [-0.25, -0.2) is 0 Å². The van der Waals surface area contributed by atoms with Gasteiger partial charge in [-0.3, -0.25) is 0 Å². The summed E-state index contributed by atoms with van der Waals surface area (Å²) < 4.78 is 16.9. The fourth-order valence-electron chi connectivity index (χ4n) is 2.74. The predicted octanol–water partition coefficient (Wildman–Crippen LogP) is 4.89. The zero-order chi connectivity index (χ0) is 17.1. The van der Waals surface area contributed by atoms with Crippen molar-refractivity contribution in [1.82, 2.24) is 0 Å². The average molecular weight is 314 g/mol. The highest BCUT2D eigenvalue weighted by Crippen LogP contribution is 2.36. The highest BCUT2D eigenvalue weighted by atomic mass is 16.5. The van der Waals surface area contributed by atoms with Crippen LogP contribution in [0.25, 0.3) is 0 Å². The summed E-state index contributed by atoms with van der Waals surface area (Å²) in [5.41, 5.74) is 1.38. The largest absolute Gasteiger partial charge is 0.497 e. The fourth-order valence-corrected chi connectivity index (χ4v) is 2.74. The summed E-state index contributed by atoms with van der Waals surface area (Å²) in [6, 6.07) is 16.0. The van der Waals surface area contributed by atoms with Crippen LogP contribution in [0.4, 0.5) is 0 Å². The first-order valence-electron chi connectivity index (χ1n) is 7.78. The Kier molecular flexibility index (Phi) is 5.00. The Bertz CT molecular complexity index is 567.